The van der Waals surface area contributed by atoms with E-state index in [0.29, 0.717) is 12.2 Å². The van der Waals surface area contributed by atoms with Gasteiger partial charge in [0.1, 0.15) is 23.6 Å². The number of carbonyl (C=O) groups is 3. The molecule has 40 heavy (non-hydrogen) atoms. The van der Waals surface area contributed by atoms with E-state index in [-0.39, 0.29) is 17.2 Å². The lowest BCUT2D eigenvalue weighted by Gasteiger charge is -2.27. The molecule has 4 rings (SSSR count). The SMILES string of the molecule is CCn1nccc1C(=O)N[C@H](C(=O)Nc1ccc([C@@H](C)N2C[C@@H](C(F)(F)F)NC2=O)cc1F)C1CCCCCC1. The molecule has 3 N–H and O–H groups in total. The Morgan fingerprint density at radius 3 is 2.45 bits per heavy atom. The molecule has 1 aromatic heterocycles. The summed E-state index contributed by atoms with van der Waals surface area (Å²) >= 11 is 0. The van der Waals surface area contributed by atoms with Crippen LogP contribution in [0.3, 0.4) is 0 Å². The fraction of sp³-hybridized carbons (Fsp3) is 0.556. The Labute approximate surface area is 229 Å². The molecule has 2 heterocycles. The second kappa shape index (κ2) is 12.3. The number of rotatable bonds is 8. The van der Waals surface area contributed by atoms with Gasteiger partial charge in [-0.1, -0.05) is 31.7 Å². The fourth-order valence-corrected chi connectivity index (χ4v) is 5.39. The van der Waals surface area contributed by atoms with Gasteiger partial charge >= 0.3 is 12.2 Å². The van der Waals surface area contributed by atoms with Gasteiger partial charge in [0.05, 0.1) is 18.3 Å². The summed E-state index contributed by atoms with van der Waals surface area (Å²) in [6, 6.07) is 0.788. The van der Waals surface area contributed by atoms with Crippen molar-refractivity contribution in [2.24, 2.45) is 5.92 Å². The number of nitrogens with zero attached hydrogens (tertiary/aromatic N) is 3. The highest BCUT2D eigenvalue weighted by molar-refractivity contribution is 6.00. The largest absolute Gasteiger partial charge is 0.410 e. The number of nitrogens with one attached hydrogen (secondary N) is 3. The van der Waals surface area contributed by atoms with Gasteiger partial charge in [-0.15, -0.1) is 0 Å². The first-order valence-corrected chi connectivity index (χ1v) is 13.6. The Morgan fingerprint density at radius 2 is 1.85 bits per heavy atom. The van der Waals surface area contributed by atoms with Gasteiger partial charge in [-0.05, 0) is 56.4 Å². The molecular weight excluding hydrogens is 532 g/mol. The quantitative estimate of drug-likeness (QED) is 0.316. The lowest BCUT2D eigenvalue weighted by Crippen LogP contribution is -2.49. The zero-order valence-electron chi connectivity index (χ0n) is 22.4. The number of halogens is 4. The number of urea groups is 1. The van der Waals surface area contributed by atoms with Crippen molar-refractivity contribution >= 4 is 23.5 Å². The third-order valence-electron chi connectivity index (χ3n) is 7.72. The number of anilines is 1. The molecule has 2 aromatic rings. The van der Waals surface area contributed by atoms with Crippen molar-refractivity contribution in [3.63, 3.8) is 0 Å². The number of aryl methyl sites for hydroxylation is 1. The fourth-order valence-electron chi connectivity index (χ4n) is 5.39. The van der Waals surface area contributed by atoms with E-state index in [4.69, 9.17) is 0 Å². The van der Waals surface area contributed by atoms with E-state index in [1.54, 1.807) is 6.07 Å². The summed E-state index contributed by atoms with van der Waals surface area (Å²) < 4.78 is 55.9. The van der Waals surface area contributed by atoms with Crippen LogP contribution >= 0.6 is 0 Å². The number of carbonyl (C=O) groups excluding carboxylic acids is 3. The molecule has 4 amide bonds. The molecule has 0 radical (unpaired) electrons. The first kappa shape index (κ1) is 29.3. The molecule has 1 aliphatic heterocycles. The molecule has 13 heteroatoms. The average Bonchev–Trinajstić information content (AvgIpc) is 3.46. The number of benzene rings is 1. The van der Waals surface area contributed by atoms with Crippen molar-refractivity contribution in [2.75, 3.05) is 11.9 Å². The second-order valence-corrected chi connectivity index (χ2v) is 10.3. The maximum atomic E-state index is 15.2. The number of amides is 4. The van der Waals surface area contributed by atoms with Crippen molar-refractivity contribution in [3.8, 4) is 0 Å². The Balaban J connectivity index is 1.50. The van der Waals surface area contributed by atoms with Gasteiger partial charge in [0.2, 0.25) is 5.91 Å². The maximum Gasteiger partial charge on any atom is 0.410 e. The summed E-state index contributed by atoms with van der Waals surface area (Å²) in [4.78, 5) is 39.6. The van der Waals surface area contributed by atoms with Crippen LogP contribution in [0.25, 0.3) is 0 Å². The molecule has 2 fully saturated rings. The van der Waals surface area contributed by atoms with Gasteiger partial charge in [0.25, 0.3) is 5.91 Å². The van der Waals surface area contributed by atoms with Crippen LogP contribution in [0.15, 0.2) is 30.5 Å². The third kappa shape index (κ3) is 6.56. The van der Waals surface area contributed by atoms with Gasteiger partial charge in [-0.3, -0.25) is 14.3 Å². The molecule has 1 aliphatic carbocycles. The van der Waals surface area contributed by atoms with Crippen molar-refractivity contribution in [2.45, 2.75) is 83.2 Å². The van der Waals surface area contributed by atoms with Crippen LogP contribution in [-0.4, -0.2) is 57.3 Å². The lowest BCUT2D eigenvalue weighted by atomic mass is 9.91. The van der Waals surface area contributed by atoms with Gasteiger partial charge in [0, 0.05) is 12.7 Å². The highest BCUT2D eigenvalue weighted by Crippen LogP contribution is 2.31. The monoisotopic (exact) mass is 566 g/mol. The van der Waals surface area contributed by atoms with E-state index in [0.717, 1.165) is 49.5 Å². The van der Waals surface area contributed by atoms with Crippen LogP contribution in [0.2, 0.25) is 0 Å². The van der Waals surface area contributed by atoms with Gasteiger partial charge in [-0.25, -0.2) is 9.18 Å². The zero-order chi connectivity index (χ0) is 29.0. The summed E-state index contributed by atoms with van der Waals surface area (Å²) in [5, 5.41) is 11.4. The molecule has 218 valence electrons. The number of alkyl halides is 3. The van der Waals surface area contributed by atoms with E-state index < -0.39 is 54.5 Å². The standard InChI is InChI=1S/C27H34F4N6O3/c1-3-37-21(12-13-32-37)24(38)35-23(17-8-6-4-5-7-9-17)25(39)33-20-11-10-18(14-19(20)28)16(2)36-15-22(27(29,30)31)34-26(36)40/h10-14,16-17,22-23H,3-9,15H2,1-2H3,(H,33,39)(H,34,40)(H,35,38)/t16-,22+,23+/m1/s1. The summed E-state index contributed by atoms with van der Waals surface area (Å²) in [6.07, 6.45) is 2.29. The Bertz CT molecular complexity index is 1230. The van der Waals surface area contributed by atoms with Crippen LogP contribution in [0.4, 0.5) is 28.0 Å². The Kier molecular flexibility index (Phi) is 8.99. The molecular formula is C27H34F4N6O3. The van der Waals surface area contributed by atoms with Crippen molar-refractivity contribution in [1.82, 2.24) is 25.3 Å². The molecule has 9 nitrogen and oxygen atoms in total. The molecule has 0 spiro atoms. The molecule has 3 atom stereocenters. The molecule has 2 aliphatic rings. The first-order chi connectivity index (χ1) is 19.0. The molecule has 1 aromatic carbocycles. The minimum Gasteiger partial charge on any atom is -0.339 e. The first-order valence-electron chi connectivity index (χ1n) is 13.6. The predicted octanol–water partition coefficient (Wildman–Crippen LogP) is 4.77. The van der Waals surface area contributed by atoms with E-state index >= 15 is 4.39 Å². The third-order valence-corrected chi connectivity index (χ3v) is 7.72. The highest BCUT2D eigenvalue weighted by atomic mass is 19.4. The summed E-state index contributed by atoms with van der Waals surface area (Å²) in [7, 11) is 0. The molecule has 0 bridgehead atoms. The molecule has 1 saturated heterocycles. The van der Waals surface area contributed by atoms with E-state index in [1.807, 2.05) is 12.2 Å². The second-order valence-electron chi connectivity index (χ2n) is 10.3. The van der Waals surface area contributed by atoms with Gasteiger partial charge in [-0.2, -0.15) is 18.3 Å². The van der Waals surface area contributed by atoms with Crippen LogP contribution < -0.4 is 16.0 Å². The van der Waals surface area contributed by atoms with Gasteiger partial charge in [0.15, 0.2) is 0 Å². The number of hydrogen-bond acceptors (Lipinski definition) is 4. The van der Waals surface area contributed by atoms with Crippen LogP contribution in [0.1, 0.15) is 74.5 Å². The van der Waals surface area contributed by atoms with Crippen LogP contribution in [0.5, 0.6) is 0 Å². The van der Waals surface area contributed by atoms with Crippen molar-refractivity contribution in [1.29, 1.82) is 0 Å². The van der Waals surface area contributed by atoms with Crippen LogP contribution in [0, 0.1) is 11.7 Å². The summed E-state index contributed by atoms with van der Waals surface area (Å²) in [6.45, 7) is 3.23. The maximum absolute atomic E-state index is 15.2. The van der Waals surface area contributed by atoms with E-state index in [1.165, 1.54) is 29.9 Å². The topological polar surface area (TPSA) is 108 Å². The van der Waals surface area contributed by atoms with Crippen molar-refractivity contribution in [3.05, 3.63) is 47.5 Å². The van der Waals surface area contributed by atoms with Gasteiger partial charge < -0.3 is 20.9 Å². The minimum atomic E-state index is -4.59. The zero-order valence-corrected chi connectivity index (χ0v) is 22.4. The Hall–Kier alpha value is -3.64. The molecule has 1 saturated carbocycles. The van der Waals surface area contributed by atoms with E-state index in [9.17, 15) is 27.6 Å². The average molecular weight is 567 g/mol. The number of hydrogen-bond donors (Lipinski definition) is 3. The Morgan fingerprint density at radius 1 is 1.15 bits per heavy atom. The smallest absolute Gasteiger partial charge is 0.339 e. The minimum absolute atomic E-state index is 0.133. The van der Waals surface area contributed by atoms with Crippen molar-refractivity contribution < 1.29 is 31.9 Å². The number of aromatic nitrogens is 2. The van der Waals surface area contributed by atoms with Crippen LogP contribution in [-0.2, 0) is 11.3 Å². The van der Waals surface area contributed by atoms with E-state index in [2.05, 4.69) is 15.7 Å². The normalized spacial score (nSPS) is 20.0. The highest BCUT2D eigenvalue weighted by Gasteiger charge is 2.48. The summed E-state index contributed by atoms with van der Waals surface area (Å²) in [5.74, 6) is -1.95. The lowest BCUT2D eigenvalue weighted by molar-refractivity contribution is -0.150. The predicted molar refractivity (Wildman–Crippen MR) is 139 cm³/mol. The molecule has 0 unspecified atom stereocenters. The summed E-state index contributed by atoms with van der Waals surface area (Å²) in [5.41, 5.74) is 0.457.